The maximum absolute atomic E-state index is 13.2. The van der Waals surface area contributed by atoms with Crippen LogP contribution in [-0.2, 0) is 17.9 Å². The number of hydrogen-bond donors (Lipinski definition) is 2. The summed E-state index contributed by atoms with van der Waals surface area (Å²) in [6.45, 7) is 2.62. The number of nitrogens with zero attached hydrogens (tertiary/aromatic N) is 3. The molecule has 0 spiro atoms. The third kappa shape index (κ3) is 5.34. The highest BCUT2D eigenvalue weighted by Gasteiger charge is 2.30. The summed E-state index contributed by atoms with van der Waals surface area (Å²) in [5.74, 6) is -1.12. The molecule has 162 valence electrons. The van der Waals surface area contributed by atoms with E-state index in [0.29, 0.717) is 15.7 Å². The lowest BCUT2D eigenvalue weighted by molar-refractivity contribution is -0.147. The smallest absolute Gasteiger partial charge is 0.354 e. The number of rotatable bonds is 7. The van der Waals surface area contributed by atoms with Crippen LogP contribution in [0.2, 0.25) is 10.0 Å². The van der Waals surface area contributed by atoms with Crippen molar-refractivity contribution in [2.45, 2.75) is 26.9 Å². The summed E-state index contributed by atoms with van der Waals surface area (Å²) >= 11 is 12.0. The van der Waals surface area contributed by atoms with Gasteiger partial charge in [0.05, 0.1) is 12.0 Å². The summed E-state index contributed by atoms with van der Waals surface area (Å²) in [4.78, 5) is 41.4. The van der Waals surface area contributed by atoms with Gasteiger partial charge in [-0.25, -0.2) is 14.2 Å². The SMILES string of the molecule is CC(C)(Cn1c(=O)nc(Nc2cccc(Cl)c2)n(Cc2ccc(Cl)cc2)c1=O)C(=O)O. The van der Waals surface area contributed by atoms with Crippen molar-refractivity contribution in [1.29, 1.82) is 0 Å². The molecule has 3 rings (SSSR count). The molecule has 2 aromatic carbocycles. The summed E-state index contributed by atoms with van der Waals surface area (Å²) in [6, 6.07) is 13.6. The van der Waals surface area contributed by atoms with Crippen LogP contribution >= 0.6 is 23.2 Å². The molecule has 31 heavy (non-hydrogen) atoms. The Morgan fingerprint density at radius 1 is 1.06 bits per heavy atom. The Morgan fingerprint density at radius 2 is 1.74 bits per heavy atom. The lowest BCUT2D eigenvalue weighted by Gasteiger charge is -2.21. The molecule has 3 aromatic rings. The number of aromatic nitrogens is 3. The number of carboxylic acid groups (broad SMARTS) is 1. The molecule has 0 bridgehead atoms. The monoisotopic (exact) mass is 462 g/mol. The predicted octanol–water partition coefficient (Wildman–Crippen LogP) is 3.61. The van der Waals surface area contributed by atoms with Crippen LogP contribution in [0, 0.1) is 5.41 Å². The van der Waals surface area contributed by atoms with Crippen LogP contribution in [0.5, 0.6) is 0 Å². The van der Waals surface area contributed by atoms with Crippen LogP contribution < -0.4 is 16.7 Å². The third-order valence-electron chi connectivity index (χ3n) is 4.62. The quantitative estimate of drug-likeness (QED) is 0.555. The van der Waals surface area contributed by atoms with Crippen molar-refractivity contribution < 1.29 is 9.90 Å². The van der Waals surface area contributed by atoms with Gasteiger partial charge >= 0.3 is 17.3 Å². The number of benzene rings is 2. The van der Waals surface area contributed by atoms with Crippen molar-refractivity contribution in [3.8, 4) is 0 Å². The zero-order valence-electron chi connectivity index (χ0n) is 16.8. The van der Waals surface area contributed by atoms with Gasteiger partial charge in [-0.15, -0.1) is 0 Å². The second-order valence-electron chi connectivity index (χ2n) is 7.62. The van der Waals surface area contributed by atoms with Gasteiger partial charge in [0.1, 0.15) is 0 Å². The van der Waals surface area contributed by atoms with E-state index in [1.165, 1.54) is 18.4 Å². The lowest BCUT2D eigenvalue weighted by atomic mass is 9.94. The molecule has 0 saturated heterocycles. The van der Waals surface area contributed by atoms with E-state index < -0.39 is 22.8 Å². The molecule has 2 N–H and O–H groups in total. The summed E-state index contributed by atoms with van der Waals surface area (Å²) in [5, 5.41) is 13.4. The van der Waals surface area contributed by atoms with Crippen LogP contribution in [0.1, 0.15) is 19.4 Å². The van der Waals surface area contributed by atoms with E-state index in [1.54, 1.807) is 48.5 Å². The molecule has 1 aromatic heterocycles. The molecule has 0 radical (unpaired) electrons. The highest BCUT2D eigenvalue weighted by atomic mass is 35.5. The summed E-state index contributed by atoms with van der Waals surface area (Å²) in [5.41, 5.74) is -1.60. The lowest BCUT2D eigenvalue weighted by Crippen LogP contribution is -2.46. The van der Waals surface area contributed by atoms with E-state index in [2.05, 4.69) is 10.3 Å². The molecular formula is C21H20Cl2N4O4. The maximum Gasteiger partial charge on any atom is 0.354 e. The average Bonchev–Trinajstić information content (AvgIpc) is 2.69. The van der Waals surface area contributed by atoms with Crippen LogP contribution in [-0.4, -0.2) is 25.2 Å². The minimum absolute atomic E-state index is 0.0107. The molecule has 0 aliphatic carbocycles. The van der Waals surface area contributed by atoms with Gasteiger partial charge in [-0.1, -0.05) is 41.4 Å². The molecule has 0 aliphatic rings. The fourth-order valence-electron chi connectivity index (χ4n) is 2.83. The largest absolute Gasteiger partial charge is 0.481 e. The zero-order valence-corrected chi connectivity index (χ0v) is 18.3. The van der Waals surface area contributed by atoms with Crippen molar-refractivity contribution in [3.63, 3.8) is 0 Å². The Balaban J connectivity index is 2.12. The molecule has 10 heteroatoms. The molecular weight excluding hydrogens is 443 g/mol. The number of halogens is 2. The maximum atomic E-state index is 13.2. The Labute approximate surface area is 187 Å². The number of anilines is 2. The molecule has 0 unspecified atom stereocenters. The van der Waals surface area contributed by atoms with Crippen molar-refractivity contribution in [1.82, 2.24) is 14.1 Å². The fourth-order valence-corrected chi connectivity index (χ4v) is 3.15. The second-order valence-corrected chi connectivity index (χ2v) is 8.50. The van der Waals surface area contributed by atoms with E-state index in [4.69, 9.17) is 23.2 Å². The number of carboxylic acids is 1. The van der Waals surface area contributed by atoms with Crippen molar-refractivity contribution >= 4 is 40.8 Å². The highest BCUT2D eigenvalue weighted by molar-refractivity contribution is 6.31. The van der Waals surface area contributed by atoms with Crippen molar-refractivity contribution in [3.05, 3.63) is 85.1 Å². The second kappa shape index (κ2) is 8.95. The Bertz CT molecular complexity index is 1230. The Hall–Kier alpha value is -3.10. The van der Waals surface area contributed by atoms with Crippen LogP contribution in [0.15, 0.2) is 58.1 Å². The standard InChI is InChI=1S/C21H20Cl2N4O4/c1-21(2,17(28)29)12-27-19(30)25-18(24-16-5-3-4-15(23)10-16)26(20(27)31)11-13-6-8-14(22)9-7-13/h3-10H,11-12H2,1-2H3,(H,28,29)(H,24,25,30). The van der Waals surface area contributed by atoms with Gasteiger partial charge in [0.15, 0.2) is 0 Å². The topological polar surface area (TPSA) is 106 Å². The molecule has 0 atom stereocenters. The van der Waals surface area contributed by atoms with Crippen LogP contribution in [0.4, 0.5) is 11.6 Å². The van der Waals surface area contributed by atoms with Crippen molar-refractivity contribution in [2.24, 2.45) is 5.41 Å². The fraction of sp³-hybridized carbons (Fsp3) is 0.238. The number of hydrogen-bond acceptors (Lipinski definition) is 5. The molecule has 8 nitrogen and oxygen atoms in total. The van der Waals surface area contributed by atoms with E-state index in [-0.39, 0.29) is 19.0 Å². The van der Waals surface area contributed by atoms with E-state index in [9.17, 15) is 19.5 Å². The van der Waals surface area contributed by atoms with Crippen LogP contribution in [0.25, 0.3) is 0 Å². The first-order valence-corrected chi connectivity index (χ1v) is 10.0. The molecule has 0 fully saturated rings. The molecule has 1 heterocycles. The minimum Gasteiger partial charge on any atom is -0.481 e. The van der Waals surface area contributed by atoms with E-state index in [1.807, 2.05) is 0 Å². The number of aliphatic carboxylic acids is 1. The first-order valence-electron chi connectivity index (χ1n) is 9.29. The van der Waals surface area contributed by atoms with Gasteiger partial charge in [-0.2, -0.15) is 4.98 Å². The van der Waals surface area contributed by atoms with Crippen LogP contribution in [0.3, 0.4) is 0 Å². The Kier molecular flexibility index (Phi) is 6.52. The van der Waals surface area contributed by atoms with Gasteiger partial charge in [-0.05, 0) is 49.7 Å². The highest BCUT2D eigenvalue weighted by Crippen LogP contribution is 2.20. The summed E-state index contributed by atoms with van der Waals surface area (Å²) < 4.78 is 2.09. The number of carbonyl (C=O) groups is 1. The molecule has 0 aliphatic heterocycles. The predicted molar refractivity (Wildman–Crippen MR) is 119 cm³/mol. The molecule has 0 amide bonds. The third-order valence-corrected chi connectivity index (χ3v) is 5.10. The summed E-state index contributed by atoms with van der Waals surface area (Å²) in [6.07, 6.45) is 0. The Morgan fingerprint density at radius 3 is 2.35 bits per heavy atom. The van der Waals surface area contributed by atoms with E-state index in [0.717, 1.165) is 10.1 Å². The zero-order chi connectivity index (χ0) is 22.8. The first-order chi connectivity index (χ1) is 14.6. The van der Waals surface area contributed by atoms with Crippen molar-refractivity contribution in [2.75, 3.05) is 5.32 Å². The summed E-state index contributed by atoms with van der Waals surface area (Å²) in [7, 11) is 0. The first kappa shape index (κ1) is 22.6. The van der Waals surface area contributed by atoms with Gasteiger partial charge in [0, 0.05) is 22.3 Å². The van der Waals surface area contributed by atoms with Gasteiger partial charge in [-0.3, -0.25) is 9.36 Å². The van der Waals surface area contributed by atoms with Gasteiger partial charge < -0.3 is 10.4 Å². The average molecular weight is 463 g/mol. The number of nitrogens with one attached hydrogen (secondary N) is 1. The normalized spacial score (nSPS) is 11.4. The molecule has 0 saturated carbocycles. The minimum atomic E-state index is -1.34. The van der Waals surface area contributed by atoms with Gasteiger partial charge in [0.2, 0.25) is 5.95 Å². The van der Waals surface area contributed by atoms with Gasteiger partial charge in [0.25, 0.3) is 0 Å². The van der Waals surface area contributed by atoms with E-state index >= 15 is 0 Å².